The molecule has 18 heavy (non-hydrogen) atoms. The Bertz CT molecular complexity index is 486. The Morgan fingerprint density at radius 2 is 2.00 bits per heavy atom. The van der Waals surface area contributed by atoms with E-state index in [9.17, 15) is 28.1 Å². The lowest BCUT2D eigenvalue weighted by atomic mass is 10.1. The maximum atomic E-state index is 12.0. The minimum atomic E-state index is -5.00. The lowest BCUT2D eigenvalue weighted by molar-refractivity contribution is -0.385. The summed E-state index contributed by atoms with van der Waals surface area (Å²) in [5.41, 5.74) is -0.830. The summed E-state index contributed by atoms with van der Waals surface area (Å²) in [6, 6.07) is 2.23. The van der Waals surface area contributed by atoms with Crippen LogP contribution in [0, 0.1) is 10.1 Å². The molecule has 0 heterocycles. The van der Waals surface area contributed by atoms with Crippen molar-refractivity contribution in [2.75, 3.05) is 0 Å². The number of ether oxygens (including phenoxy) is 1. The molecule has 0 atom stereocenters. The van der Waals surface area contributed by atoms with Crippen LogP contribution in [0.1, 0.15) is 5.56 Å². The monoisotopic (exact) mass is 265 g/mol. The highest BCUT2D eigenvalue weighted by Crippen LogP contribution is 2.28. The number of carboxylic acids is 1. The first-order chi connectivity index (χ1) is 8.17. The Hall–Kier alpha value is -2.32. The van der Waals surface area contributed by atoms with Crippen molar-refractivity contribution in [2.45, 2.75) is 12.8 Å². The van der Waals surface area contributed by atoms with E-state index >= 15 is 0 Å². The van der Waals surface area contributed by atoms with E-state index in [0.717, 1.165) is 12.1 Å². The number of rotatable bonds is 4. The standard InChI is InChI=1S/C9H6F3NO5/c10-9(11,12)18-7-2-5(3-8(14)15)1-6(4-7)13(16)17/h1-2,4H,3H2,(H,14,15). The topological polar surface area (TPSA) is 89.7 Å². The molecule has 0 saturated heterocycles. The van der Waals surface area contributed by atoms with Crippen molar-refractivity contribution in [3.8, 4) is 5.75 Å². The normalized spacial score (nSPS) is 11.1. The first-order valence-electron chi connectivity index (χ1n) is 4.43. The molecule has 0 spiro atoms. The number of carboxylic acid groups (broad SMARTS) is 1. The summed E-state index contributed by atoms with van der Waals surface area (Å²) >= 11 is 0. The molecule has 0 radical (unpaired) electrons. The number of aliphatic carboxylic acids is 1. The fraction of sp³-hybridized carbons (Fsp3) is 0.222. The first kappa shape index (κ1) is 13.7. The molecule has 1 aromatic rings. The van der Waals surface area contributed by atoms with Crippen LogP contribution in [0.2, 0.25) is 0 Å². The molecule has 9 heteroatoms. The van der Waals surface area contributed by atoms with Crippen LogP contribution < -0.4 is 4.74 Å². The molecule has 0 aromatic heterocycles. The molecule has 0 aliphatic carbocycles. The molecule has 1 N–H and O–H groups in total. The molecule has 6 nitrogen and oxygen atoms in total. The van der Waals surface area contributed by atoms with Gasteiger partial charge in [0.25, 0.3) is 5.69 Å². The number of carbonyl (C=O) groups is 1. The van der Waals surface area contributed by atoms with Crippen LogP contribution >= 0.6 is 0 Å². The zero-order chi connectivity index (χ0) is 13.9. The van der Waals surface area contributed by atoms with Gasteiger partial charge in [-0.3, -0.25) is 14.9 Å². The summed E-state index contributed by atoms with van der Waals surface area (Å²) in [5, 5.41) is 19.0. The van der Waals surface area contributed by atoms with Crippen molar-refractivity contribution in [1.29, 1.82) is 0 Å². The summed E-state index contributed by atoms with van der Waals surface area (Å²) < 4.78 is 39.4. The van der Waals surface area contributed by atoms with Gasteiger partial charge in [0.2, 0.25) is 0 Å². The van der Waals surface area contributed by atoms with E-state index in [1.165, 1.54) is 0 Å². The molecule has 0 unspecified atom stereocenters. The highest BCUT2D eigenvalue weighted by atomic mass is 19.4. The Balaban J connectivity index is 3.13. The van der Waals surface area contributed by atoms with Crippen LogP contribution in [0.4, 0.5) is 18.9 Å². The van der Waals surface area contributed by atoms with E-state index in [4.69, 9.17) is 5.11 Å². The number of non-ortho nitro benzene ring substituents is 1. The van der Waals surface area contributed by atoms with Gasteiger partial charge in [-0.05, 0) is 11.6 Å². The van der Waals surface area contributed by atoms with Crippen molar-refractivity contribution in [1.82, 2.24) is 0 Å². The Morgan fingerprint density at radius 1 is 1.39 bits per heavy atom. The Kier molecular flexibility index (Phi) is 3.74. The molecule has 98 valence electrons. The number of halogens is 3. The van der Waals surface area contributed by atoms with Crippen LogP contribution in [0.3, 0.4) is 0 Å². The second-order valence-electron chi connectivity index (χ2n) is 3.21. The largest absolute Gasteiger partial charge is 0.573 e. The van der Waals surface area contributed by atoms with Crippen molar-refractivity contribution < 1.29 is 32.7 Å². The van der Waals surface area contributed by atoms with Crippen LogP contribution in [-0.4, -0.2) is 22.4 Å². The highest BCUT2D eigenvalue weighted by Gasteiger charge is 2.32. The van der Waals surface area contributed by atoms with Crippen molar-refractivity contribution in [2.24, 2.45) is 0 Å². The van der Waals surface area contributed by atoms with Gasteiger partial charge in [0.15, 0.2) is 0 Å². The summed E-state index contributed by atoms with van der Waals surface area (Å²) in [5.74, 6) is -2.15. The Morgan fingerprint density at radius 3 is 2.44 bits per heavy atom. The average molecular weight is 265 g/mol. The molecule has 0 saturated carbocycles. The van der Waals surface area contributed by atoms with E-state index in [1.807, 2.05) is 0 Å². The third-order valence-electron chi connectivity index (χ3n) is 1.75. The van der Waals surface area contributed by atoms with Crippen molar-refractivity contribution in [3.63, 3.8) is 0 Å². The van der Waals surface area contributed by atoms with Gasteiger partial charge in [0.05, 0.1) is 17.4 Å². The van der Waals surface area contributed by atoms with Crippen LogP contribution in [0.15, 0.2) is 18.2 Å². The number of nitro groups is 1. The van der Waals surface area contributed by atoms with E-state index in [0.29, 0.717) is 6.07 Å². The van der Waals surface area contributed by atoms with E-state index in [2.05, 4.69) is 4.74 Å². The second kappa shape index (κ2) is 4.90. The Labute approximate surface area is 97.7 Å². The van der Waals surface area contributed by atoms with E-state index < -0.39 is 35.1 Å². The van der Waals surface area contributed by atoms with Gasteiger partial charge in [-0.25, -0.2) is 0 Å². The fourth-order valence-corrected chi connectivity index (χ4v) is 1.22. The van der Waals surface area contributed by atoms with Gasteiger partial charge in [-0.2, -0.15) is 0 Å². The van der Waals surface area contributed by atoms with Gasteiger partial charge in [0, 0.05) is 6.07 Å². The summed E-state index contributed by atoms with van der Waals surface area (Å²) in [4.78, 5) is 20.0. The summed E-state index contributed by atoms with van der Waals surface area (Å²) in [7, 11) is 0. The molecule has 1 aromatic carbocycles. The number of hydrogen-bond acceptors (Lipinski definition) is 4. The van der Waals surface area contributed by atoms with Crippen LogP contribution in [0.25, 0.3) is 0 Å². The maximum absolute atomic E-state index is 12.0. The molecule has 0 aliphatic rings. The number of benzene rings is 1. The van der Waals surface area contributed by atoms with Gasteiger partial charge >= 0.3 is 12.3 Å². The molecular formula is C9H6F3NO5. The maximum Gasteiger partial charge on any atom is 0.573 e. The first-order valence-corrected chi connectivity index (χ1v) is 4.43. The zero-order valence-electron chi connectivity index (χ0n) is 8.60. The minimum Gasteiger partial charge on any atom is -0.481 e. The van der Waals surface area contributed by atoms with Gasteiger partial charge in [-0.1, -0.05) is 0 Å². The number of alkyl halides is 3. The van der Waals surface area contributed by atoms with Gasteiger partial charge in [0.1, 0.15) is 5.75 Å². The van der Waals surface area contributed by atoms with Crippen molar-refractivity contribution >= 4 is 11.7 Å². The summed E-state index contributed by atoms with van der Waals surface area (Å²) in [6.07, 6.45) is -5.65. The third kappa shape index (κ3) is 4.28. The SMILES string of the molecule is O=C(O)Cc1cc(OC(F)(F)F)cc([N+](=O)[O-])c1. The lowest BCUT2D eigenvalue weighted by Crippen LogP contribution is -2.17. The third-order valence-corrected chi connectivity index (χ3v) is 1.75. The fourth-order valence-electron chi connectivity index (χ4n) is 1.22. The molecule has 0 aliphatic heterocycles. The van der Waals surface area contributed by atoms with Crippen molar-refractivity contribution in [3.05, 3.63) is 33.9 Å². The van der Waals surface area contributed by atoms with Crippen LogP contribution in [0.5, 0.6) is 5.75 Å². The molecule has 0 amide bonds. The molecule has 0 fully saturated rings. The molecular weight excluding hydrogens is 259 g/mol. The molecule has 1 rings (SSSR count). The smallest absolute Gasteiger partial charge is 0.481 e. The minimum absolute atomic E-state index is 0.157. The summed E-state index contributed by atoms with van der Waals surface area (Å²) in [6.45, 7) is 0. The average Bonchev–Trinajstić information content (AvgIpc) is 2.12. The van der Waals surface area contributed by atoms with E-state index in [-0.39, 0.29) is 5.56 Å². The number of hydrogen-bond donors (Lipinski definition) is 1. The number of nitrogens with zero attached hydrogens (tertiary/aromatic N) is 1. The van der Waals surface area contributed by atoms with Gasteiger partial charge in [-0.15, -0.1) is 13.2 Å². The van der Waals surface area contributed by atoms with Crippen LogP contribution in [-0.2, 0) is 11.2 Å². The zero-order valence-corrected chi connectivity index (χ0v) is 8.60. The predicted molar refractivity (Wildman–Crippen MR) is 51.1 cm³/mol. The van der Waals surface area contributed by atoms with E-state index in [1.54, 1.807) is 0 Å². The predicted octanol–water partition coefficient (Wildman–Crippen LogP) is 2.12. The quantitative estimate of drug-likeness (QED) is 0.665. The lowest BCUT2D eigenvalue weighted by Gasteiger charge is -2.09. The number of nitro benzene ring substituents is 1. The second-order valence-corrected chi connectivity index (χ2v) is 3.21. The molecule has 0 bridgehead atoms. The highest BCUT2D eigenvalue weighted by molar-refractivity contribution is 5.70. The van der Waals surface area contributed by atoms with Gasteiger partial charge < -0.3 is 9.84 Å².